The Labute approximate surface area is 183 Å². The first kappa shape index (κ1) is 22.5. The maximum atomic E-state index is 10.0. The zero-order valence-electron chi connectivity index (χ0n) is 16.8. The molecule has 2 aromatic carbocycles. The van der Waals surface area contributed by atoms with Crippen LogP contribution in [0.1, 0.15) is 27.7 Å². The van der Waals surface area contributed by atoms with Crippen LogP contribution < -0.4 is 0 Å². The molecule has 2 heterocycles. The van der Waals surface area contributed by atoms with E-state index in [9.17, 15) is 4.79 Å². The van der Waals surface area contributed by atoms with E-state index >= 15 is 0 Å². The summed E-state index contributed by atoms with van der Waals surface area (Å²) in [5.74, 6) is -0.0625. The Morgan fingerprint density at radius 1 is 1.17 bits per heavy atom. The van der Waals surface area contributed by atoms with E-state index in [1.165, 1.54) is 19.9 Å². The van der Waals surface area contributed by atoms with Crippen LogP contribution in [-0.4, -0.2) is 32.1 Å². The molecule has 0 saturated heterocycles. The zero-order valence-corrected chi connectivity index (χ0v) is 19.2. The molecular weight excluding hydrogens is 544 g/mol. The monoisotopic (exact) mass is 568 g/mol. The number of rotatable bonds is 3. The molecule has 1 aromatic heterocycles. The third kappa shape index (κ3) is 5.39. The minimum absolute atomic E-state index is 0. The molecule has 3 aromatic rings. The van der Waals surface area contributed by atoms with Gasteiger partial charge in [0.15, 0.2) is 11.8 Å². The van der Waals surface area contributed by atoms with Crippen LogP contribution in [0.25, 0.3) is 21.9 Å². The van der Waals surface area contributed by atoms with E-state index in [0.29, 0.717) is 6.04 Å². The molecule has 151 valence electrons. The fraction of sp³-hybridized carbons (Fsp3) is 0.217. The number of hydrogen-bond acceptors (Lipinski definition) is 3. The maximum absolute atomic E-state index is 10.0. The number of nitrogens with zero attached hydrogens (tertiary/aromatic N) is 2. The number of aliphatic hydroxyl groups is 1. The van der Waals surface area contributed by atoms with E-state index in [1.807, 2.05) is 51.9 Å². The van der Waals surface area contributed by atoms with Crippen molar-refractivity contribution >= 4 is 39.4 Å². The number of carbonyl (C=O) groups excluding carboxylic acids is 1. The number of benzene rings is 2. The molecule has 1 aliphatic heterocycles. The average molecular weight is 568 g/mol. The Balaban J connectivity index is 0.000000327. The van der Waals surface area contributed by atoms with E-state index in [4.69, 9.17) is 9.52 Å². The molecule has 1 N–H and O–H groups in total. The Kier molecular flexibility index (Phi) is 7.46. The summed E-state index contributed by atoms with van der Waals surface area (Å²) in [5, 5.41) is 10.6. The summed E-state index contributed by atoms with van der Waals surface area (Å²) in [6.45, 7) is 7.11. The van der Waals surface area contributed by atoms with Gasteiger partial charge in [-0.3, -0.25) is 4.79 Å². The first-order valence-corrected chi connectivity index (χ1v) is 9.08. The number of furan rings is 1. The molecule has 0 bridgehead atoms. The number of allylic oxidation sites excluding steroid dienone is 2. The Hall–Kier alpha value is -2.78. The third-order valence-corrected chi connectivity index (χ3v) is 4.12. The van der Waals surface area contributed by atoms with Gasteiger partial charge in [-0.05, 0) is 39.1 Å². The van der Waals surface area contributed by atoms with Crippen molar-refractivity contribution in [2.24, 2.45) is 0 Å². The van der Waals surface area contributed by atoms with Crippen molar-refractivity contribution < 1.29 is 43.6 Å². The van der Waals surface area contributed by atoms with Crippen molar-refractivity contribution in [3.05, 3.63) is 66.7 Å². The first-order valence-electron chi connectivity index (χ1n) is 9.08. The van der Waals surface area contributed by atoms with Crippen LogP contribution in [0, 0.1) is 6.07 Å². The molecule has 4 rings (SSSR count). The summed E-state index contributed by atoms with van der Waals surface area (Å²) in [7, 11) is 0. The second kappa shape index (κ2) is 9.62. The molecule has 0 saturated carbocycles. The molecule has 0 amide bonds. The normalized spacial score (nSPS) is 13.1. The fourth-order valence-electron chi connectivity index (χ4n) is 2.84. The van der Waals surface area contributed by atoms with Gasteiger partial charge in [-0.2, -0.15) is 6.07 Å². The van der Waals surface area contributed by atoms with Gasteiger partial charge in [0.2, 0.25) is 6.20 Å². The number of ketones is 1. The quantitative estimate of drug-likeness (QED) is 0.206. The van der Waals surface area contributed by atoms with Crippen molar-refractivity contribution in [3.8, 4) is 0 Å². The first-order chi connectivity index (χ1) is 13.3. The molecule has 5 nitrogen and oxygen atoms in total. The number of carbonyl (C=O) groups is 1. The second-order valence-electron chi connectivity index (χ2n) is 6.86. The standard InChI is InChI=1S/C18H15N2O.C5H8O2.Ir/c1-13(2)19-9-10-20(12-19)14-7-8-16-15-5-3-4-6-17(15)21-18(16)11-14;1-4(6)3-5(2)7;/h3-6,8-11,13H,1-2H3;3,6H,1-2H3;/q+1;;/b;4-3-;. The molecular formula is C23H23IrN2O3+. The minimum atomic E-state index is -0.125. The van der Waals surface area contributed by atoms with Crippen molar-refractivity contribution in [2.45, 2.75) is 33.7 Å². The van der Waals surface area contributed by atoms with Gasteiger partial charge in [-0.15, -0.1) is 6.07 Å². The SMILES string of the molecule is CC(=O)/C=C(/C)O.CC(C)[N+]1=C=[N+](c2[c-]cc3c(c2)oc2ccccc23)C=C1.[Ir]. The summed E-state index contributed by atoms with van der Waals surface area (Å²) in [5.41, 5.74) is 2.72. The summed E-state index contributed by atoms with van der Waals surface area (Å²) in [6.07, 6.45) is 5.17. The Morgan fingerprint density at radius 2 is 1.90 bits per heavy atom. The van der Waals surface area contributed by atoms with Gasteiger partial charge in [0.25, 0.3) is 6.20 Å². The second-order valence-corrected chi connectivity index (χ2v) is 6.86. The van der Waals surface area contributed by atoms with Gasteiger partial charge in [0.1, 0.15) is 11.3 Å². The third-order valence-electron chi connectivity index (χ3n) is 4.12. The van der Waals surface area contributed by atoms with Crippen LogP contribution >= 0.6 is 0 Å². The van der Waals surface area contributed by atoms with Crippen molar-refractivity contribution in [3.63, 3.8) is 0 Å². The Morgan fingerprint density at radius 3 is 2.48 bits per heavy atom. The molecule has 1 aliphatic rings. The van der Waals surface area contributed by atoms with Crippen LogP contribution in [0.2, 0.25) is 0 Å². The predicted octanol–water partition coefficient (Wildman–Crippen LogP) is 5.14. The molecule has 0 atom stereocenters. The van der Waals surface area contributed by atoms with Gasteiger partial charge in [0, 0.05) is 31.8 Å². The van der Waals surface area contributed by atoms with Gasteiger partial charge in [-0.25, -0.2) is 0 Å². The molecule has 0 spiro atoms. The molecule has 0 fully saturated rings. The summed E-state index contributed by atoms with van der Waals surface area (Å²) < 4.78 is 9.89. The van der Waals surface area contributed by atoms with E-state index in [1.54, 1.807) is 0 Å². The number of para-hydroxylation sites is 1. The van der Waals surface area contributed by atoms with E-state index in [0.717, 1.165) is 27.6 Å². The largest absolute Gasteiger partial charge is 0.512 e. The fourth-order valence-corrected chi connectivity index (χ4v) is 2.84. The van der Waals surface area contributed by atoms with Gasteiger partial charge < -0.3 is 9.52 Å². The topological polar surface area (TPSA) is 56.5 Å². The van der Waals surface area contributed by atoms with E-state index in [2.05, 4.69) is 32.0 Å². The van der Waals surface area contributed by atoms with E-state index in [-0.39, 0.29) is 31.6 Å². The van der Waals surface area contributed by atoms with Crippen LogP contribution in [-0.2, 0) is 24.9 Å². The van der Waals surface area contributed by atoms with Crippen LogP contribution in [0.4, 0.5) is 5.69 Å². The van der Waals surface area contributed by atoms with Gasteiger partial charge in [0.05, 0.1) is 5.76 Å². The molecule has 1 radical (unpaired) electrons. The molecule has 29 heavy (non-hydrogen) atoms. The zero-order chi connectivity index (χ0) is 20.3. The smallest absolute Gasteiger partial charge is 0.493 e. The van der Waals surface area contributed by atoms with Crippen molar-refractivity contribution in [1.82, 2.24) is 0 Å². The Bertz CT molecular complexity index is 1180. The summed E-state index contributed by atoms with van der Waals surface area (Å²) in [4.78, 5) is 10.0. The van der Waals surface area contributed by atoms with Crippen molar-refractivity contribution in [2.75, 3.05) is 0 Å². The molecule has 0 unspecified atom stereocenters. The van der Waals surface area contributed by atoms with Gasteiger partial charge in [-0.1, -0.05) is 38.8 Å². The number of hydrogen-bond donors (Lipinski definition) is 1. The molecule has 0 aliphatic carbocycles. The van der Waals surface area contributed by atoms with Crippen LogP contribution in [0.3, 0.4) is 0 Å². The number of aliphatic hydroxyl groups excluding tert-OH is 1. The maximum Gasteiger partial charge on any atom is 0.493 e. The summed E-state index contributed by atoms with van der Waals surface area (Å²) in [6, 6.07) is 19.1. The van der Waals surface area contributed by atoms with Crippen LogP contribution in [0.5, 0.6) is 0 Å². The summed E-state index contributed by atoms with van der Waals surface area (Å²) >= 11 is 0. The predicted molar refractivity (Wildman–Crippen MR) is 109 cm³/mol. The van der Waals surface area contributed by atoms with Crippen LogP contribution in [0.15, 0.2) is 65.1 Å². The molecule has 6 heteroatoms. The van der Waals surface area contributed by atoms with E-state index < -0.39 is 0 Å². The minimum Gasteiger partial charge on any atom is -0.512 e. The van der Waals surface area contributed by atoms with Crippen molar-refractivity contribution in [1.29, 1.82) is 0 Å². The van der Waals surface area contributed by atoms with Gasteiger partial charge >= 0.3 is 6.01 Å². The number of fused-ring (bicyclic) bond motifs is 3. The average Bonchev–Trinajstić information content (AvgIpc) is 3.25.